The summed E-state index contributed by atoms with van der Waals surface area (Å²) in [7, 11) is 0. The van der Waals surface area contributed by atoms with Gasteiger partial charge in [0, 0.05) is 18.3 Å². The van der Waals surface area contributed by atoms with E-state index in [4.69, 9.17) is 4.74 Å². The summed E-state index contributed by atoms with van der Waals surface area (Å²) in [4.78, 5) is 21.1. The zero-order valence-corrected chi connectivity index (χ0v) is 15.4. The number of para-hydroxylation sites is 1. The van der Waals surface area contributed by atoms with Gasteiger partial charge < -0.3 is 15.4 Å². The molecular weight excluding hydrogens is 340 g/mol. The number of anilines is 3. The first-order valence-electron chi connectivity index (χ1n) is 8.82. The normalized spacial score (nSPS) is 10.3. The standard InChI is InChI=1S/C21H22N4O2/c1-3-27-20(26)17-11-7-8-12-18(17)24-21-23-15(2)13-19(25-21)22-14-16-9-5-4-6-10-16/h4-13H,3,14H2,1-2H3,(H2,22,23,24,25). The van der Waals surface area contributed by atoms with E-state index in [0.717, 1.165) is 11.3 Å². The lowest BCUT2D eigenvalue weighted by molar-refractivity contribution is 0.0527. The van der Waals surface area contributed by atoms with Gasteiger partial charge in [0.25, 0.3) is 0 Å². The van der Waals surface area contributed by atoms with Crippen molar-refractivity contribution in [1.29, 1.82) is 0 Å². The Hall–Kier alpha value is -3.41. The number of esters is 1. The molecule has 0 saturated heterocycles. The number of carbonyl (C=O) groups excluding carboxylic acids is 1. The molecule has 27 heavy (non-hydrogen) atoms. The quantitative estimate of drug-likeness (QED) is 0.610. The summed E-state index contributed by atoms with van der Waals surface area (Å²) < 4.78 is 5.11. The van der Waals surface area contributed by atoms with Crippen LogP contribution in [0.1, 0.15) is 28.5 Å². The van der Waals surface area contributed by atoms with E-state index in [2.05, 4.69) is 32.7 Å². The molecule has 0 aliphatic rings. The van der Waals surface area contributed by atoms with Crippen LogP contribution in [0.2, 0.25) is 0 Å². The molecule has 6 nitrogen and oxygen atoms in total. The van der Waals surface area contributed by atoms with Crippen LogP contribution < -0.4 is 10.6 Å². The Bertz CT molecular complexity index is 913. The van der Waals surface area contributed by atoms with Gasteiger partial charge in [-0.05, 0) is 31.5 Å². The highest BCUT2D eigenvalue weighted by Crippen LogP contribution is 2.21. The lowest BCUT2D eigenvalue weighted by Gasteiger charge is -2.12. The van der Waals surface area contributed by atoms with Crippen LogP contribution in [-0.2, 0) is 11.3 Å². The van der Waals surface area contributed by atoms with Gasteiger partial charge in [-0.25, -0.2) is 9.78 Å². The number of aromatic nitrogens is 2. The molecule has 3 aromatic rings. The predicted octanol–water partition coefficient (Wildman–Crippen LogP) is 4.32. The number of benzene rings is 2. The summed E-state index contributed by atoms with van der Waals surface area (Å²) in [5.41, 5.74) is 3.03. The van der Waals surface area contributed by atoms with E-state index in [0.29, 0.717) is 36.2 Å². The monoisotopic (exact) mass is 362 g/mol. The van der Waals surface area contributed by atoms with Gasteiger partial charge in [0.2, 0.25) is 5.95 Å². The Morgan fingerprint density at radius 2 is 1.78 bits per heavy atom. The molecule has 0 bridgehead atoms. The Kier molecular flexibility index (Phi) is 5.99. The second kappa shape index (κ2) is 8.80. The Labute approximate surface area is 158 Å². The molecule has 0 radical (unpaired) electrons. The highest BCUT2D eigenvalue weighted by atomic mass is 16.5. The average molecular weight is 362 g/mol. The molecule has 2 aromatic carbocycles. The molecule has 1 heterocycles. The maximum Gasteiger partial charge on any atom is 0.340 e. The van der Waals surface area contributed by atoms with Gasteiger partial charge in [0.05, 0.1) is 17.9 Å². The molecule has 0 atom stereocenters. The maximum atomic E-state index is 12.1. The lowest BCUT2D eigenvalue weighted by atomic mass is 10.2. The fourth-order valence-electron chi connectivity index (χ4n) is 2.60. The van der Waals surface area contributed by atoms with Crippen LogP contribution >= 0.6 is 0 Å². The molecule has 138 valence electrons. The van der Waals surface area contributed by atoms with Crippen molar-refractivity contribution in [2.24, 2.45) is 0 Å². The second-order valence-corrected chi connectivity index (χ2v) is 5.95. The molecule has 0 spiro atoms. The highest BCUT2D eigenvalue weighted by Gasteiger charge is 2.13. The summed E-state index contributed by atoms with van der Waals surface area (Å²) in [6, 6.07) is 19.1. The third kappa shape index (κ3) is 5.04. The van der Waals surface area contributed by atoms with E-state index >= 15 is 0 Å². The third-order valence-corrected chi connectivity index (χ3v) is 3.84. The molecule has 0 fully saturated rings. The van der Waals surface area contributed by atoms with Crippen molar-refractivity contribution in [3.63, 3.8) is 0 Å². The number of hydrogen-bond donors (Lipinski definition) is 2. The molecule has 3 rings (SSSR count). The summed E-state index contributed by atoms with van der Waals surface area (Å²) >= 11 is 0. The van der Waals surface area contributed by atoms with Crippen molar-refractivity contribution in [3.8, 4) is 0 Å². The number of aryl methyl sites for hydroxylation is 1. The van der Waals surface area contributed by atoms with Crippen LogP contribution in [0, 0.1) is 6.92 Å². The van der Waals surface area contributed by atoms with Crippen LogP contribution in [0.5, 0.6) is 0 Å². The van der Waals surface area contributed by atoms with Crippen LogP contribution in [-0.4, -0.2) is 22.5 Å². The topological polar surface area (TPSA) is 76.1 Å². The zero-order chi connectivity index (χ0) is 19.1. The number of rotatable bonds is 7. The van der Waals surface area contributed by atoms with E-state index in [9.17, 15) is 4.79 Å². The molecular formula is C21H22N4O2. The molecule has 0 aliphatic carbocycles. The number of ether oxygens (including phenoxy) is 1. The van der Waals surface area contributed by atoms with E-state index in [-0.39, 0.29) is 5.97 Å². The molecule has 1 aromatic heterocycles. The smallest absolute Gasteiger partial charge is 0.340 e. The van der Waals surface area contributed by atoms with Crippen LogP contribution in [0.4, 0.5) is 17.5 Å². The average Bonchev–Trinajstić information content (AvgIpc) is 2.67. The predicted molar refractivity (Wildman–Crippen MR) is 106 cm³/mol. The minimum absolute atomic E-state index is 0.321. The van der Waals surface area contributed by atoms with Crippen LogP contribution in [0.15, 0.2) is 60.7 Å². The maximum absolute atomic E-state index is 12.1. The van der Waals surface area contributed by atoms with Crippen molar-refractivity contribution < 1.29 is 9.53 Å². The van der Waals surface area contributed by atoms with E-state index in [1.54, 1.807) is 25.1 Å². The molecule has 0 aliphatic heterocycles. The van der Waals surface area contributed by atoms with Crippen molar-refractivity contribution >= 4 is 23.4 Å². The molecule has 2 N–H and O–H groups in total. The lowest BCUT2D eigenvalue weighted by Crippen LogP contribution is -2.10. The fourth-order valence-corrected chi connectivity index (χ4v) is 2.60. The summed E-state index contributed by atoms with van der Waals surface area (Å²) in [5.74, 6) is 0.750. The van der Waals surface area contributed by atoms with Gasteiger partial charge in [0.1, 0.15) is 5.82 Å². The molecule has 6 heteroatoms. The summed E-state index contributed by atoms with van der Waals surface area (Å²) in [5, 5.41) is 6.43. The minimum Gasteiger partial charge on any atom is -0.462 e. The number of nitrogens with zero attached hydrogens (tertiary/aromatic N) is 2. The van der Waals surface area contributed by atoms with Gasteiger partial charge in [-0.15, -0.1) is 0 Å². The Morgan fingerprint density at radius 1 is 1.04 bits per heavy atom. The van der Waals surface area contributed by atoms with Gasteiger partial charge in [-0.1, -0.05) is 42.5 Å². The molecule has 0 unspecified atom stereocenters. The van der Waals surface area contributed by atoms with Crippen LogP contribution in [0.25, 0.3) is 0 Å². The van der Waals surface area contributed by atoms with Gasteiger partial charge in [-0.2, -0.15) is 4.98 Å². The summed E-state index contributed by atoms with van der Waals surface area (Å²) in [6.07, 6.45) is 0. The Balaban J connectivity index is 1.78. The summed E-state index contributed by atoms with van der Waals surface area (Å²) in [6.45, 7) is 4.66. The third-order valence-electron chi connectivity index (χ3n) is 3.84. The highest BCUT2D eigenvalue weighted by molar-refractivity contribution is 5.96. The van der Waals surface area contributed by atoms with Crippen molar-refractivity contribution in [1.82, 2.24) is 9.97 Å². The number of carbonyl (C=O) groups is 1. The SMILES string of the molecule is CCOC(=O)c1ccccc1Nc1nc(C)cc(NCc2ccccc2)n1. The van der Waals surface area contributed by atoms with Gasteiger partial charge >= 0.3 is 5.97 Å². The van der Waals surface area contributed by atoms with Crippen molar-refractivity contribution in [2.75, 3.05) is 17.2 Å². The van der Waals surface area contributed by atoms with E-state index in [1.807, 2.05) is 37.3 Å². The Morgan fingerprint density at radius 3 is 2.56 bits per heavy atom. The number of hydrogen-bond acceptors (Lipinski definition) is 6. The zero-order valence-electron chi connectivity index (χ0n) is 15.4. The van der Waals surface area contributed by atoms with Crippen molar-refractivity contribution in [3.05, 3.63) is 77.5 Å². The van der Waals surface area contributed by atoms with Gasteiger partial charge in [0.15, 0.2) is 0 Å². The number of nitrogens with one attached hydrogen (secondary N) is 2. The second-order valence-electron chi connectivity index (χ2n) is 5.95. The molecule has 0 saturated carbocycles. The van der Waals surface area contributed by atoms with Crippen molar-refractivity contribution in [2.45, 2.75) is 20.4 Å². The first kappa shape index (κ1) is 18.4. The first-order chi connectivity index (χ1) is 13.2. The van der Waals surface area contributed by atoms with E-state index in [1.165, 1.54) is 0 Å². The van der Waals surface area contributed by atoms with E-state index < -0.39 is 0 Å². The van der Waals surface area contributed by atoms with Gasteiger partial charge in [-0.3, -0.25) is 0 Å². The fraction of sp³-hybridized carbons (Fsp3) is 0.190. The molecule has 0 amide bonds. The first-order valence-corrected chi connectivity index (χ1v) is 8.82. The largest absolute Gasteiger partial charge is 0.462 e. The van der Waals surface area contributed by atoms with Crippen LogP contribution in [0.3, 0.4) is 0 Å². The minimum atomic E-state index is -0.379.